The molecule has 1 aromatic heterocycles. The van der Waals surface area contributed by atoms with E-state index in [1.165, 1.54) is 16.4 Å². The number of thiophene rings is 1. The quantitative estimate of drug-likeness (QED) is 0.157. The van der Waals surface area contributed by atoms with Crippen LogP contribution >= 0.6 is 22.9 Å². The molecular weight excluding hydrogens is 661 g/mol. The molecule has 0 spiro atoms. The molecule has 0 atom stereocenters. The van der Waals surface area contributed by atoms with Crippen molar-refractivity contribution >= 4 is 54.4 Å². The SMILES string of the molecule is CC(C)Oc1cc(OC(F)(F)F)cc(C(C)(C)c2cc(Cl)cc(N(c3ccc4sccc4c3)S(=O)(=O)CCN3CCOCC3)c2)c1. The van der Waals surface area contributed by atoms with E-state index in [0.717, 1.165) is 10.1 Å². The zero-order valence-electron chi connectivity index (χ0n) is 25.9. The summed E-state index contributed by atoms with van der Waals surface area (Å²) in [5, 5.41) is 3.11. The molecule has 1 fully saturated rings. The maximum Gasteiger partial charge on any atom is 0.573 e. The van der Waals surface area contributed by atoms with Crippen molar-refractivity contribution in [1.82, 2.24) is 4.90 Å². The largest absolute Gasteiger partial charge is 0.573 e. The van der Waals surface area contributed by atoms with E-state index in [1.54, 1.807) is 55.5 Å². The third-order valence-corrected chi connectivity index (χ3v) is 10.6. The Morgan fingerprint density at radius 3 is 2.35 bits per heavy atom. The minimum Gasteiger partial charge on any atom is -0.491 e. The predicted octanol–water partition coefficient (Wildman–Crippen LogP) is 8.37. The van der Waals surface area contributed by atoms with Crippen molar-refractivity contribution in [3.8, 4) is 11.5 Å². The Morgan fingerprint density at radius 2 is 1.65 bits per heavy atom. The second-order valence-electron chi connectivity index (χ2n) is 11.9. The zero-order chi connectivity index (χ0) is 33.3. The molecule has 1 aliphatic heterocycles. The van der Waals surface area contributed by atoms with Gasteiger partial charge in [-0.05, 0) is 90.3 Å². The van der Waals surface area contributed by atoms with Gasteiger partial charge < -0.3 is 14.2 Å². The van der Waals surface area contributed by atoms with E-state index in [1.807, 2.05) is 37.4 Å². The molecule has 4 aromatic rings. The number of benzene rings is 3. The van der Waals surface area contributed by atoms with E-state index in [0.29, 0.717) is 55.3 Å². The third-order valence-electron chi connectivity index (χ3n) is 7.76. The molecule has 248 valence electrons. The predicted molar refractivity (Wildman–Crippen MR) is 177 cm³/mol. The van der Waals surface area contributed by atoms with E-state index < -0.39 is 27.6 Å². The third kappa shape index (κ3) is 8.27. The van der Waals surface area contributed by atoms with Crippen molar-refractivity contribution in [1.29, 1.82) is 0 Å². The highest BCUT2D eigenvalue weighted by atomic mass is 35.5. The minimum absolute atomic E-state index is 0.146. The summed E-state index contributed by atoms with van der Waals surface area (Å²) < 4.78 is 86.0. The van der Waals surface area contributed by atoms with E-state index in [-0.39, 0.29) is 22.6 Å². The molecule has 0 aliphatic carbocycles. The van der Waals surface area contributed by atoms with Gasteiger partial charge in [0.15, 0.2) is 0 Å². The second kappa shape index (κ2) is 13.6. The summed E-state index contributed by atoms with van der Waals surface area (Å²) in [6.45, 7) is 9.89. The Hall–Kier alpha value is -3.03. The number of sulfonamides is 1. The summed E-state index contributed by atoms with van der Waals surface area (Å²) in [6, 6.07) is 16.6. The Labute approximate surface area is 276 Å². The molecule has 2 heterocycles. The summed E-state index contributed by atoms with van der Waals surface area (Å²) in [5.41, 5.74) is 0.847. The van der Waals surface area contributed by atoms with Gasteiger partial charge in [0.1, 0.15) is 11.5 Å². The van der Waals surface area contributed by atoms with Crippen LogP contribution in [0, 0.1) is 0 Å². The first kappa shape index (κ1) is 34.3. The number of rotatable bonds is 11. The van der Waals surface area contributed by atoms with Gasteiger partial charge in [-0.15, -0.1) is 24.5 Å². The number of morpholine rings is 1. The summed E-state index contributed by atoms with van der Waals surface area (Å²) in [5.74, 6) is -0.363. The summed E-state index contributed by atoms with van der Waals surface area (Å²) in [6.07, 6.45) is -5.20. The van der Waals surface area contributed by atoms with Crippen molar-refractivity contribution in [2.75, 3.05) is 42.9 Å². The molecule has 3 aromatic carbocycles. The van der Waals surface area contributed by atoms with Crippen LogP contribution in [0.1, 0.15) is 38.8 Å². The number of ether oxygens (including phenoxy) is 3. The topological polar surface area (TPSA) is 68.3 Å². The first-order valence-electron chi connectivity index (χ1n) is 14.8. The molecule has 0 saturated carbocycles. The molecule has 0 radical (unpaired) electrons. The van der Waals surface area contributed by atoms with Crippen LogP contribution in [0.5, 0.6) is 11.5 Å². The van der Waals surface area contributed by atoms with Gasteiger partial charge in [-0.1, -0.05) is 25.4 Å². The average Bonchev–Trinajstić information content (AvgIpc) is 3.43. The van der Waals surface area contributed by atoms with E-state index in [2.05, 4.69) is 9.64 Å². The second-order valence-corrected chi connectivity index (χ2v) is 15.2. The van der Waals surface area contributed by atoms with Crippen molar-refractivity contribution < 1.29 is 35.8 Å². The van der Waals surface area contributed by atoms with Gasteiger partial charge in [0.2, 0.25) is 10.0 Å². The van der Waals surface area contributed by atoms with Gasteiger partial charge in [0.25, 0.3) is 0 Å². The maximum atomic E-state index is 14.2. The molecule has 0 N–H and O–H groups in total. The summed E-state index contributed by atoms with van der Waals surface area (Å²) in [7, 11) is -3.94. The van der Waals surface area contributed by atoms with Crippen LogP contribution in [0.2, 0.25) is 5.02 Å². The lowest BCUT2D eigenvalue weighted by Crippen LogP contribution is -2.41. The highest BCUT2D eigenvalue weighted by Crippen LogP contribution is 2.42. The van der Waals surface area contributed by atoms with Crippen LogP contribution in [-0.2, 0) is 20.2 Å². The molecule has 46 heavy (non-hydrogen) atoms. The standard InChI is InChI=1S/C33H36ClF3N2O5S2/c1-22(2)43-29-18-25(19-30(21-29)44-33(35,36)37)32(3,4)24-16-26(34)20-28(17-24)39(27-5-6-31-23(15-27)7-13-45-31)46(40,41)14-10-38-8-11-42-12-9-38/h5-7,13,15-22H,8-12,14H2,1-4H3. The van der Waals surface area contributed by atoms with Crippen molar-refractivity contribution in [3.05, 3.63) is 82.2 Å². The van der Waals surface area contributed by atoms with Crippen molar-refractivity contribution in [2.45, 2.75) is 45.6 Å². The van der Waals surface area contributed by atoms with Crippen LogP contribution in [0.4, 0.5) is 24.5 Å². The van der Waals surface area contributed by atoms with Crippen LogP contribution in [0.3, 0.4) is 0 Å². The lowest BCUT2D eigenvalue weighted by atomic mass is 9.78. The molecule has 0 bridgehead atoms. The summed E-state index contributed by atoms with van der Waals surface area (Å²) >= 11 is 8.24. The van der Waals surface area contributed by atoms with E-state index in [9.17, 15) is 21.6 Å². The highest BCUT2D eigenvalue weighted by Gasteiger charge is 2.34. The Kier molecular flexibility index (Phi) is 10.1. The normalized spacial score (nSPS) is 15.0. The molecule has 0 unspecified atom stereocenters. The number of nitrogens with zero attached hydrogens (tertiary/aromatic N) is 2. The lowest BCUT2D eigenvalue weighted by Gasteiger charge is -2.31. The number of anilines is 2. The van der Waals surface area contributed by atoms with Crippen LogP contribution < -0.4 is 13.8 Å². The summed E-state index contributed by atoms with van der Waals surface area (Å²) in [4.78, 5) is 2.06. The van der Waals surface area contributed by atoms with Gasteiger partial charge in [-0.3, -0.25) is 4.90 Å². The minimum atomic E-state index is -4.90. The molecule has 1 saturated heterocycles. The Morgan fingerprint density at radius 1 is 0.957 bits per heavy atom. The van der Waals surface area contributed by atoms with Crippen LogP contribution in [-0.4, -0.2) is 64.4 Å². The highest BCUT2D eigenvalue weighted by molar-refractivity contribution is 7.93. The van der Waals surface area contributed by atoms with Crippen molar-refractivity contribution in [2.24, 2.45) is 0 Å². The Bertz CT molecular complexity index is 1790. The van der Waals surface area contributed by atoms with Gasteiger partial charge >= 0.3 is 6.36 Å². The number of hydrogen-bond acceptors (Lipinski definition) is 7. The van der Waals surface area contributed by atoms with Gasteiger partial charge in [-0.25, -0.2) is 12.7 Å². The average molecular weight is 697 g/mol. The number of halogens is 4. The molecule has 13 heteroatoms. The fourth-order valence-corrected chi connectivity index (χ4v) is 7.93. The smallest absolute Gasteiger partial charge is 0.491 e. The molecule has 1 aliphatic rings. The van der Waals surface area contributed by atoms with Gasteiger partial charge in [-0.2, -0.15) is 0 Å². The van der Waals surface area contributed by atoms with Gasteiger partial charge in [0.05, 0.1) is 36.4 Å². The molecular formula is C33H36ClF3N2O5S2. The van der Waals surface area contributed by atoms with E-state index >= 15 is 0 Å². The van der Waals surface area contributed by atoms with Crippen LogP contribution in [0.15, 0.2) is 66.0 Å². The first-order chi connectivity index (χ1) is 21.6. The number of alkyl halides is 3. The monoisotopic (exact) mass is 696 g/mol. The fourth-order valence-electron chi connectivity index (χ4n) is 5.40. The fraction of sp³-hybridized carbons (Fsp3) is 0.394. The van der Waals surface area contributed by atoms with Crippen LogP contribution in [0.25, 0.3) is 10.1 Å². The molecule has 7 nitrogen and oxygen atoms in total. The van der Waals surface area contributed by atoms with E-state index in [4.69, 9.17) is 21.1 Å². The number of hydrogen-bond donors (Lipinski definition) is 0. The number of fused-ring (bicyclic) bond motifs is 1. The lowest BCUT2D eigenvalue weighted by molar-refractivity contribution is -0.274. The molecule has 5 rings (SSSR count). The zero-order valence-corrected chi connectivity index (χ0v) is 28.3. The van der Waals surface area contributed by atoms with Gasteiger partial charge in [0, 0.05) is 40.8 Å². The van der Waals surface area contributed by atoms with Crippen molar-refractivity contribution in [3.63, 3.8) is 0 Å². The first-order valence-corrected chi connectivity index (χ1v) is 17.7. The maximum absolute atomic E-state index is 14.2. The Balaban J connectivity index is 1.59. The molecule has 0 amide bonds.